The quantitative estimate of drug-likeness (QED) is 0.684. The molecule has 0 aliphatic carbocycles. The summed E-state index contributed by atoms with van der Waals surface area (Å²) in [5, 5.41) is 3.11. The highest BCUT2D eigenvalue weighted by atomic mass is 16.5. The Labute approximate surface area is 166 Å². The van der Waals surface area contributed by atoms with Crippen LogP contribution in [0.1, 0.15) is 40.3 Å². The van der Waals surface area contributed by atoms with Gasteiger partial charge in [0.25, 0.3) is 5.91 Å². The van der Waals surface area contributed by atoms with Gasteiger partial charge in [-0.05, 0) is 56.8 Å². The van der Waals surface area contributed by atoms with Crippen LogP contribution in [0.3, 0.4) is 0 Å². The fraction of sp³-hybridized carbons (Fsp3) is 0.364. The summed E-state index contributed by atoms with van der Waals surface area (Å²) in [5.41, 5.74) is 4.44. The summed E-state index contributed by atoms with van der Waals surface area (Å²) in [6.07, 6.45) is 2.67. The molecule has 6 heteroatoms. The van der Waals surface area contributed by atoms with Gasteiger partial charge in [0.1, 0.15) is 17.1 Å². The van der Waals surface area contributed by atoms with Crippen LogP contribution in [0.4, 0.5) is 0 Å². The third kappa shape index (κ3) is 4.02. The predicted molar refractivity (Wildman–Crippen MR) is 111 cm³/mol. The minimum atomic E-state index is -0.102. The summed E-state index contributed by atoms with van der Waals surface area (Å²) in [7, 11) is 5.67. The number of rotatable bonds is 7. The van der Waals surface area contributed by atoms with Crippen molar-refractivity contribution in [1.82, 2.24) is 19.6 Å². The summed E-state index contributed by atoms with van der Waals surface area (Å²) in [6.45, 7) is 4.53. The molecule has 2 heterocycles. The lowest BCUT2D eigenvalue weighted by Gasteiger charge is -2.25. The van der Waals surface area contributed by atoms with E-state index in [-0.39, 0.29) is 11.9 Å². The number of pyridine rings is 1. The van der Waals surface area contributed by atoms with Crippen molar-refractivity contribution in [1.29, 1.82) is 0 Å². The predicted octanol–water partition coefficient (Wildman–Crippen LogP) is 3.25. The Hall–Kier alpha value is -2.86. The number of hydrogen-bond donors (Lipinski definition) is 1. The van der Waals surface area contributed by atoms with Crippen LogP contribution < -0.4 is 10.1 Å². The summed E-state index contributed by atoms with van der Waals surface area (Å²) in [6, 6.07) is 12.0. The number of fused-ring (bicyclic) bond motifs is 1. The van der Waals surface area contributed by atoms with Crippen LogP contribution in [0.25, 0.3) is 5.65 Å². The van der Waals surface area contributed by atoms with Crippen LogP contribution in [0.2, 0.25) is 0 Å². The summed E-state index contributed by atoms with van der Waals surface area (Å²) in [4.78, 5) is 19.8. The highest BCUT2D eigenvalue weighted by Crippen LogP contribution is 2.21. The lowest BCUT2D eigenvalue weighted by molar-refractivity contribution is 0.0935. The fourth-order valence-electron chi connectivity index (χ4n) is 3.38. The van der Waals surface area contributed by atoms with Gasteiger partial charge in [0, 0.05) is 12.7 Å². The van der Waals surface area contributed by atoms with Gasteiger partial charge in [-0.15, -0.1) is 0 Å². The standard InChI is InChI=1S/C22H28N4O2/c1-6-18-21(26-14-15(2)7-12-20(26)24-18)22(27)23-13-19(25(3)4)16-8-10-17(28-5)11-9-16/h7-12,14,19H,6,13H2,1-5H3,(H,23,27). The second-order valence-corrected chi connectivity index (χ2v) is 7.16. The maximum absolute atomic E-state index is 13.1. The minimum absolute atomic E-state index is 0.0563. The smallest absolute Gasteiger partial charge is 0.270 e. The van der Waals surface area contributed by atoms with E-state index >= 15 is 0 Å². The van der Waals surface area contributed by atoms with Crippen molar-refractivity contribution in [3.8, 4) is 5.75 Å². The van der Waals surface area contributed by atoms with Gasteiger partial charge in [-0.25, -0.2) is 4.98 Å². The molecule has 0 spiro atoms. The molecule has 0 saturated heterocycles. The van der Waals surface area contributed by atoms with Gasteiger partial charge < -0.3 is 15.0 Å². The molecule has 148 valence electrons. The van der Waals surface area contributed by atoms with Crippen molar-refractivity contribution < 1.29 is 9.53 Å². The van der Waals surface area contributed by atoms with E-state index in [2.05, 4.69) is 15.2 Å². The minimum Gasteiger partial charge on any atom is -0.497 e. The number of aromatic nitrogens is 2. The van der Waals surface area contributed by atoms with E-state index in [0.717, 1.165) is 28.2 Å². The van der Waals surface area contributed by atoms with E-state index < -0.39 is 0 Å². The maximum atomic E-state index is 13.1. The van der Waals surface area contributed by atoms with E-state index in [9.17, 15) is 4.79 Å². The van der Waals surface area contributed by atoms with Crippen molar-refractivity contribution >= 4 is 11.6 Å². The molecule has 0 saturated carbocycles. The molecule has 6 nitrogen and oxygen atoms in total. The number of ether oxygens (including phenoxy) is 1. The average molecular weight is 380 g/mol. The molecular weight excluding hydrogens is 352 g/mol. The summed E-state index contributed by atoms with van der Waals surface area (Å²) in [5.74, 6) is 0.717. The van der Waals surface area contributed by atoms with Crippen LogP contribution in [0, 0.1) is 6.92 Å². The van der Waals surface area contributed by atoms with Gasteiger partial charge >= 0.3 is 0 Å². The lowest BCUT2D eigenvalue weighted by atomic mass is 10.1. The van der Waals surface area contributed by atoms with Crippen molar-refractivity contribution in [3.05, 3.63) is 65.1 Å². The Morgan fingerprint density at radius 1 is 1.21 bits per heavy atom. The Morgan fingerprint density at radius 3 is 2.54 bits per heavy atom. The number of aryl methyl sites for hydroxylation is 2. The SMILES string of the molecule is CCc1nc2ccc(C)cn2c1C(=O)NCC(c1ccc(OC)cc1)N(C)C. The molecule has 1 amide bonds. The van der Waals surface area contributed by atoms with Crippen LogP contribution >= 0.6 is 0 Å². The average Bonchev–Trinajstić information content (AvgIpc) is 3.06. The first kappa shape index (κ1) is 19.9. The first-order valence-corrected chi connectivity index (χ1v) is 9.50. The number of imidazole rings is 1. The number of carbonyl (C=O) groups excluding carboxylic acids is 1. The second-order valence-electron chi connectivity index (χ2n) is 7.16. The van der Waals surface area contributed by atoms with E-state index in [1.54, 1.807) is 7.11 Å². The van der Waals surface area contributed by atoms with Gasteiger partial charge in [-0.2, -0.15) is 0 Å². The molecule has 0 aliphatic heterocycles. The van der Waals surface area contributed by atoms with E-state index in [0.29, 0.717) is 18.7 Å². The molecule has 3 aromatic rings. The van der Waals surface area contributed by atoms with E-state index in [4.69, 9.17) is 4.74 Å². The maximum Gasteiger partial charge on any atom is 0.270 e. The van der Waals surface area contributed by atoms with Crippen LogP contribution in [-0.4, -0.2) is 47.9 Å². The number of nitrogens with zero attached hydrogens (tertiary/aromatic N) is 3. The molecule has 0 aliphatic rings. The van der Waals surface area contributed by atoms with Gasteiger partial charge in [-0.3, -0.25) is 9.20 Å². The zero-order chi connectivity index (χ0) is 20.3. The first-order chi connectivity index (χ1) is 13.4. The van der Waals surface area contributed by atoms with Crippen LogP contribution in [0.15, 0.2) is 42.6 Å². The number of carbonyl (C=O) groups is 1. The van der Waals surface area contributed by atoms with Gasteiger partial charge in [0.05, 0.1) is 18.8 Å². The largest absolute Gasteiger partial charge is 0.497 e. The van der Waals surface area contributed by atoms with E-state index in [1.807, 2.05) is 74.9 Å². The number of hydrogen-bond acceptors (Lipinski definition) is 4. The Bertz CT molecular complexity index is 961. The number of nitrogens with one attached hydrogen (secondary N) is 1. The highest BCUT2D eigenvalue weighted by Gasteiger charge is 2.21. The number of amides is 1. The van der Waals surface area contributed by atoms with Gasteiger partial charge in [0.2, 0.25) is 0 Å². The monoisotopic (exact) mass is 380 g/mol. The highest BCUT2D eigenvalue weighted by molar-refractivity contribution is 5.94. The normalized spacial score (nSPS) is 12.4. The van der Waals surface area contributed by atoms with Crippen molar-refractivity contribution in [2.45, 2.75) is 26.3 Å². The van der Waals surface area contributed by atoms with Crippen LogP contribution in [-0.2, 0) is 6.42 Å². The zero-order valence-corrected chi connectivity index (χ0v) is 17.2. The fourth-order valence-corrected chi connectivity index (χ4v) is 3.38. The molecule has 28 heavy (non-hydrogen) atoms. The first-order valence-electron chi connectivity index (χ1n) is 9.50. The second kappa shape index (κ2) is 8.44. The molecule has 2 aromatic heterocycles. The zero-order valence-electron chi connectivity index (χ0n) is 17.2. The van der Waals surface area contributed by atoms with Crippen LogP contribution in [0.5, 0.6) is 5.75 Å². The lowest BCUT2D eigenvalue weighted by Crippen LogP contribution is -2.35. The Morgan fingerprint density at radius 2 is 1.93 bits per heavy atom. The topological polar surface area (TPSA) is 58.9 Å². The molecule has 3 rings (SSSR count). The van der Waals surface area contributed by atoms with Crippen molar-refractivity contribution in [3.63, 3.8) is 0 Å². The molecule has 1 aromatic carbocycles. The van der Waals surface area contributed by atoms with Gasteiger partial charge in [0.15, 0.2) is 0 Å². The molecule has 1 N–H and O–H groups in total. The molecule has 0 radical (unpaired) electrons. The molecule has 1 atom stereocenters. The third-order valence-electron chi connectivity index (χ3n) is 4.97. The Kier molecular flexibility index (Phi) is 5.99. The number of likely N-dealkylation sites (N-methyl/N-ethyl adjacent to an activating group) is 1. The molecule has 0 bridgehead atoms. The number of benzene rings is 1. The molecular formula is C22H28N4O2. The Balaban J connectivity index is 1.83. The molecule has 1 unspecified atom stereocenters. The van der Waals surface area contributed by atoms with Crippen molar-refractivity contribution in [2.75, 3.05) is 27.7 Å². The molecule has 0 fully saturated rings. The third-order valence-corrected chi connectivity index (χ3v) is 4.97. The van der Waals surface area contributed by atoms with E-state index in [1.165, 1.54) is 0 Å². The number of methoxy groups -OCH3 is 1. The van der Waals surface area contributed by atoms with Gasteiger partial charge in [-0.1, -0.05) is 25.1 Å². The van der Waals surface area contributed by atoms with Crippen molar-refractivity contribution in [2.24, 2.45) is 0 Å². The summed E-state index contributed by atoms with van der Waals surface area (Å²) >= 11 is 0. The summed E-state index contributed by atoms with van der Waals surface area (Å²) < 4.78 is 7.13.